The van der Waals surface area contributed by atoms with Crippen molar-refractivity contribution in [2.24, 2.45) is 0 Å². The average molecular weight is 334 g/mol. The third kappa shape index (κ3) is 3.88. The Balaban J connectivity index is 1.25. The molecule has 1 aromatic rings. The molecule has 1 saturated carbocycles. The van der Waals surface area contributed by atoms with E-state index < -0.39 is 0 Å². The molecule has 0 radical (unpaired) electrons. The number of hydrogen-bond donors (Lipinski definition) is 1. The zero-order chi connectivity index (χ0) is 16.2. The minimum absolute atomic E-state index is 0.140. The molecule has 0 aromatic carbocycles. The SMILES string of the molecule is c1cc(CNC2CCC3(CC2)OCCO3)cc(O[C@@H]2CCOC2)n1. The highest BCUT2D eigenvalue weighted by molar-refractivity contribution is 5.20. The minimum atomic E-state index is -0.279. The summed E-state index contributed by atoms with van der Waals surface area (Å²) in [7, 11) is 0. The summed E-state index contributed by atoms with van der Waals surface area (Å²) in [5.74, 6) is 0.416. The summed E-state index contributed by atoms with van der Waals surface area (Å²) in [6.45, 7) is 3.76. The van der Waals surface area contributed by atoms with Gasteiger partial charge in [0.25, 0.3) is 0 Å². The molecule has 2 aliphatic heterocycles. The van der Waals surface area contributed by atoms with Crippen molar-refractivity contribution < 1.29 is 18.9 Å². The van der Waals surface area contributed by atoms with Crippen LogP contribution in [0.4, 0.5) is 0 Å². The third-order valence-corrected chi connectivity index (χ3v) is 5.13. The summed E-state index contributed by atoms with van der Waals surface area (Å²) < 4.78 is 22.8. The Labute approximate surface area is 142 Å². The quantitative estimate of drug-likeness (QED) is 0.889. The number of hydrogen-bond acceptors (Lipinski definition) is 6. The molecule has 3 aliphatic rings. The van der Waals surface area contributed by atoms with Crippen molar-refractivity contribution in [3.8, 4) is 5.88 Å². The molecule has 6 heteroatoms. The largest absolute Gasteiger partial charge is 0.472 e. The van der Waals surface area contributed by atoms with Crippen LogP contribution in [-0.2, 0) is 20.8 Å². The molecule has 1 atom stereocenters. The van der Waals surface area contributed by atoms with Gasteiger partial charge in [-0.15, -0.1) is 0 Å². The Bertz CT molecular complexity index is 532. The first-order valence-corrected chi connectivity index (χ1v) is 9.02. The molecular formula is C18H26N2O4. The fourth-order valence-electron chi connectivity index (χ4n) is 3.71. The third-order valence-electron chi connectivity index (χ3n) is 5.13. The van der Waals surface area contributed by atoms with E-state index in [0.29, 0.717) is 18.5 Å². The van der Waals surface area contributed by atoms with Gasteiger partial charge in [0.15, 0.2) is 5.79 Å². The smallest absolute Gasteiger partial charge is 0.213 e. The lowest BCUT2D eigenvalue weighted by molar-refractivity contribution is -0.179. The molecule has 3 fully saturated rings. The van der Waals surface area contributed by atoms with E-state index in [1.54, 1.807) is 0 Å². The molecule has 24 heavy (non-hydrogen) atoms. The van der Waals surface area contributed by atoms with Gasteiger partial charge in [-0.1, -0.05) is 0 Å². The first-order valence-electron chi connectivity index (χ1n) is 9.02. The van der Waals surface area contributed by atoms with E-state index in [0.717, 1.165) is 58.5 Å². The maximum Gasteiger partial charge on any atom is 0.213 e. The highest BCUT2D eigenvalue weighted by atomic mass is 16.7. The van der Waals surface area contributed by atoms with E-state index in [1.165, 1.54) is 5.56 Å². The Morgan fingerprint density at radius 2 is 2.00 bits per heavy atom. The maximum absolute atomic E-state index is 5.87. The predicted octanol–water partition coefficient (Wildman–Crippen LogP) is 2.02. The summed E-state index contributed by atoms with van der Waals surface area (Å²) >= 11 is 0. The average Bonchev–Trinajstić information content (AvgIpc) is 3.28. The van der Waals surface area contributed by atoms with Gasteiger partial charge in [-0.3, -0.25) is 0 Å². The number of pyridine rings is 1. The molecule has 132 valence electrons. The van der Waals surface area contributed by atoms with Crippen molar-refractivity contribution in [2.75, 3.05) is 26.4 Å². The zero-order valence-electron chi connectivity index (χ0n) is 14.0. The van der Waals surface area contributed by atoms with E-state index in [1.807, 2.05) is 18.3 Å². The van der Waals surface area contributed by atoms with Gasteiger partial charge in [0.05, 0.1) is 26.4 Å². The van der Waals surface area contributed by atoms with Gasteiger partial charge in [-0.2, -0.15) is 0 Å². The van der Waals surface area contributed by atoms with Gasteiger partial charge in [0.2, 0.25) is 5.88 Å². The Hall–Kier alpha value is -1.21. The normalized spacial score (nSPS) is 26.9. The van der Waals surface area contributed by atoms with Crippen molar-refractivity contribution >= 4 is 0 Å². The molecule has 1 aromatic heterocycles. The van der Waals surface area contributed by atoms with E-state index in [4.69, 9.17) is 18.9 Å². The van der Waals surface area contributed by atoms with Gasteiger partial charge in [0, 0.05) is 44.1 Å². The molecule has 1 N–H and O–H groups in total. The molecule has 0 bridgehead atoms. The molecule has 1 aliphatic carbocycles. The molecular weight excluding hydrogens is 308 g/mol. The first-order chi connectivity index (χ1) is 11.8. The van der Waals surface area contributed by atoms with Gasteiger partial charge >= 0.3 is 0 Å². The Morgan fingerprint density at radius 1 is 1.17 bits per heavy atom. The summed E-state index contributed by atoms with van der Waals surface area (Å²) in [6, 6.07) is 4.58. The van der Waals surface area contributed by atoms with Crippen LogP contribution in [0.1, 0.15) is 37.7 Å². The molecule has 3 heterocycles. The van der Waals surface area contributed by atoms with Crippen LogP contribution < -0.4 is 10.1 Å². The second-order valence-electron chi connectivity index (χ2n) is 6.87. The minimum Gasteiger partial charge on any atom is -0.472 e. The summed E-state index contributed by atoms with van der Waals surface area (Å²) in [5.41, 5.74) is 1.20. The number of nitrogens with zero attached hydrogens (tertiary/aromatic N) is 1. The lowest BCUT2D eigenvalue weighted by Gasteiger charge is -2.35. The standard InChI is InChI=1S/C18H26N2O4/c1-5-18(22-9-10-23-18)6-2-15(1)20-12-14-3-7-19-17(11-14)24-16-4-8-21-13-16/h3,7,11,15-16,20H,1-2,4-6,8-10,12-13H2/t16-/m1/s1. The fraction of sp³-hybridized carbons (Fsp3) is 0.722. The first kappa shape index (κ1) is 16.3. The number of aromatic nitrogens is 1. The lowest BCUT2D eigenvalue weighted by atomic mass is 9.90. The molecule has 4 rings (SSSR count). The number of rotatable bonds is 5. The highest BCUT2D eigenvalue weighted by Gasteiger charge is 2.40. The molecule has 0 unspecified atom stereocenters. The topological polar surface area (TPSA) is 61.8 Å². The van der Waals surface area contributed by atoms with Crippen LogP contribution in [0.3, 0.4) is 0 Å². The van der Waals surface area contributed by atoms with Gasteiger partial charge in [0.1, 0.15) is 6.10 Å². The van der Waals surface area contributed by atoms with Crippen LogP contribution in [-0.4, -0.2) is 49.3 Å². The monoisotopic (exact) mass is 334 g/mol. The van der Waals surface area contributed by atoms with Crippen LogP contribution in [0.2, 0.25) is 0 Å². The Kier molecular flexibility index (Phi) is 4.98. The van der Waals surface area contributed by atoms with E-state index in [-0.39, 0.29) is 11.9 Å². The second-order valence-corrected chi connectivity index (χ2v) is 6.87. The van der Waals surface area contributed by atoms with E-state index in [2.05, 4.69) is 10.3 Å². The summed E-state index contributed by atoms with van der Waals surface area (Å²) in [6.07, 6.45) is 7.05. The fourth-order valence-corrected chi connectivity index (χ4v) is 3.71. The van der Waals surface area contributed by atoms with Crippen molar-refractivity contribution in [1.29, 1.82) is 0 Å². The van der Waals surface area contributed by atoms with Crippen LogP contribution in [0.5, 0.6) is 5.88 Å². The van der Waals surface area contributed by atoms with Gasteiger partial charge in [-0.05, 0) is 24.5 Å². The highest BCUT2D eigenvalue weighted by Crippen LogP contribution is 2.35. The summed E-state index contributed by atoms with van der Waals surface area (Å²) in [4.78, 5) is 4.31. The van der Waals surface area contributed by atoms with Crippen molar-refractivity contribution in [1.82, 2.24) is 10.3 Å². The second kappa shape index (κ2) is 7.35. The molecule has 6 nitrogen and oxygen atoms in total. The zero-order valence-corrected chi connectivity index (χ0v) is 14.0. The van der Waals surface area contributed by atoms with Crippen LogP contribution in [0.25, 0.3) is 0 Å². The molecule has 1 spiro atoms. The lowest BCUT2D eigenvalue weighted by Crippen LogP contribution is -2.41. The predicted molar refractivity (Wildman–Crippen MR) is 87.8 cm³/mol. The van der Waals surface area contributed by atoms with Gasteiger partial charge < -0.3 is 24.3 Å². The molecule has 0 amide bonds. The van der Waals surface area contributed by atoms with Crippen LogP contribution in [0.15, 0.2) is 18.3 Å². The van der Waals surface area contributed by atoms with E-state index >= 15 is 0 Å². The number of ether oxygens (including phenoxy) is 4. The maximum atomic E-state index is 5.87. The van der Waals surface area contributed by atoms with Crippen molar-refractivity contribution in [3.63, 3.8) is 0 Å². The van der Waals surface area contributed by atoms with Gasteiger partial charge in [-0.25, -0.2) is 4.98 Å². The van der Waals surface area contributed by atoms with E-state index in [9.17, 15) is 0 Å². The van der Waals surface area contributed by atoms with Crippen molar-refractivity contribution in [3.05, 3.63) is 23.9 Å². The van der Waals surface area contributed by atoms with Crippen LogP contribution >= 0.6 is 0 Å². The molecule has 2 saturated heterocycles. The number of nitrogens with one attached hydrogen (secondary N) is 1. The van der Waals surface area contributed by atoms with Crippen LogP contribution in [0, 0.1) is 0 Å². The summed E-state index contributed by atoms with van der Waals surface area (Å²) in [5, 5.41) is 3.65. The van der Waals surface area contributed by atoms with Crippen molar-refractivity contribution in [2.45, 2.75) is 56.6 Å². The Morgan fingerprint density at radius 3 is 2.75 bits per heavy atom.